The molecule has 1 aliphatic carbocycles. The Morgan fingerprint density at radius 1 is 1.18 bits per heavy atom. The van der Waals surface area contributed by atoms with E-state index in [4.69, 9.17) is 23.9 Å². The molecule has 0 aromatic carbocycles. The van der Waals surface area contributed by atoms with Gasteiger partial charge in [-0.15, -0.1) is 0 Å². The van der Waals surface area contributed by atoms with Crippen LogP contribution in [-0.2, 0) is 32.7 Å². The summed E-state index contributed by atoms with van der Waals surface area (Å²) in [7, 11) is 3.59. The molecule has 4 rings (SSSR count). The Bertz CT molecular complexity index is 1110. The van der Waals surface area contributed by atoms with E-state index < -0.39 is 0 Å². The van der Waals surface area contributed by atoms with E-state index in [1.54, 1.807) is 22.8 Å². The second kappa shape index (κ2) is 12.6. The first-order valence-corrected chi connectivity index (χ1v) is 13.6. The molecule has 0 bridgehead atoms. The summed E-state index contributed by atoms with van der Waals surface area (Å²) in [6.07, 6.45) is 6.13. The number of pyridine rings is 1. The van der Waals surface area contributed by atoms with Crippen molar-refractivity contribution in [2.45, 2.75) is 84.2 Å². The lowest BCUT2D eigenvalue weighted by molar-refractivity contribution is -0.154. The van der Waals surface area contributed by atoms with E-state index in [1.165, 1.54) is 0 Å². The number of esters is 1. The second-order valence-corrected chi connectivity index (χ2v) is 10.5. The summed E-state index contributed by atoms with van der Waals surface area (Å²) >= 11 is 0. The van der Waals surface area contributed by atoms with E-state index in [9.17, 15) is 9.59 Å². The van der Waals surface area contributed by atoms with Crippen LogP contribution in [0.15, 0.2) is 18.3 Å². The maximum Gasteiger partial charge on any atom is 0.410 e. The summed E-state index contributed by atoms with van der Waals surface area (Å²) in [5, 5.41) is 4.38. The summed E-state index contributed by atoms with van der Waals surface area (Å²) in [5.41, 5.74) is 3.05. The number of nitrogens with zero attached hydrogens (tertiary/aromatic N) is 4. The molecular weight excluding hydrogens is 488 g/mol. The van der Waals surface area contributed by atoms with Crippen molar-refractivity contribution >= 4 is 12.1 Å². The Balaban J connectivity index is 1.39. The molecule has 2 atom stereocenters. The zero-order valence-corrected chi connectivity index (χ0v) is 23.1. The molecule has 0 spiro atoms. The van der Waals surface area contributed by atoms with Crippen LogP contribution in [0.5, 0.6) is 5.75 Å². The first-order chi connectivity index (χ1) is 18.2. The smallest absolute Gasteiger partial charge is 0.410 e. The normalized spacial score (nSPS) is 20.3. The van der Waals surface area contributed by atoms with Crippen LogP contribution < -0.4 is 4.74 Å². The summed E-state index contributed by atoms with van der Waals surface area (Å²) in [6, 6.07) is 3.93. The molecule has 208 valence electrons. The largest absolute Gasteiger partial charge is 0.489 e. The maximum absolute atomic E-state index is 12.7. The number of aryl methyl sites for hydroxylation is 2. The van der Waals surface area contributed by atoms with Crippen LogP contribution in [0.4, 0.5) is 4.79 Å². The zero-order valence-electron chi connectivity index (χ0n) is 23.1. The molecule has 3 heterocycles. The van der Waals surface area contributed by atoms with E-state index in [0.29, 0.717) is 25.4 Å². The lowest BCUT2D eigenvalue weighted by atomic mass is 9.87. The minimum Gasteiger partial charge on any atom is -0.489 e. The van der Waals surface area contributed by atoms with Crippen LogP contribution in [0.1, 0.15) is 63.8 Å². The van der Waals surface area contributed by atoms with Crippen LogP contribution in [0.2, 0.25) is 0 Å². The van der Waals surface area contributed by atoms with E-state index in [0.717, 1.165) is 54.7 Å². The Morgan fingerprint density at radius 3 is 2.66 bits per heavy atom. The van der Waals surface area contributed by atoms with Crippen molar-refractivity contribution < 1.29 is 28.5 Å². The molecule has 0 unspecified atom stereocenters. The van der Waals surface area contributed by atoms with Gasteiger partial charge in [0.05, 0.1) is 41.4 Å². The third-order valence-corrected chi connectivity index (χ3v) is 7.34. The molecule has 10 nitrogen and oxygen atoms in total. The molecule has 0 N–H and O–H groups in total. The van der Waals surface area contributed by atoms with E-state index in [1.807, 2.05) is 40.0 Å². The van der Waals surface area contributed by atoms with Crippen LogP contribution in [0, 0.1) is 12.8 Å². The van der Waals surface area contributed by atoms with Gasteiger partial charge < -0.3 is 23.8 Å². The Hall–Kier alpha value is -3.14. The van der Waals surface area contributed by atoms with Gasteiger partial charge in [0.2, 0.25) is 0 Å². The molecule has 1 amide bonds. The summed E-state index contributed by atoms with van der Waals surface area (Å²) in [4.78, 5) is 31.5. The fraction of sp³-hybridized carbons (Fsp3) is 0.643. The Labute approximate surface area is 224 Å². The van der Waals surface area contributed by atoms with Crippen molar-refractivity contribution in [2.24, 2.45) is 13.0 Å². The molecule has 10 heteroatoms. The Morgan fingerprint density at radius 2 is 1.95 bits per heavy atom. The third-order valence-electron chi connectivity index (χ3n) is 7.34. The van der Waals surface area contributed by atoms with Crippen molar-refractivity contribution in [3.05, 3.63) is 29.7 Å². The highest BCUT2D eigenvalue weighted by molar-refractivity contribution is 5.72. The highest BCUT2D eigenvalue weighted by Gasteiger charge is 2.30. The average molecular weight is 529 g/mol. The molecular formula is C28H40N4O6. The molecule has 1 saturated heterocycles. The first-order valence-electron chi connectivity index (χ1n) is 13.6. The fourth-order valence-electron chi connectivity index (χ4n) is 5.10. The summed E-state index contributed by atoms with van der Waals surface area (Å²) in [6.45, 7) is 7.05. The van der Waals surface area contributed by atoms with E-state index in [-0.39, 0.29) is 42.8 Å². The summed E-state index contributed by atoms with van der Waals surface area (Å²) < 4.78 is 24.4. The van der Waals surface area contributed by atoms with E-state index >= 15 is 0 Å². The lowest BCUT2D eigenvalue weighted by Gasteiger charge is -2.30. The molecule has 2 aromatic heterocycles. The van der Waals surface area contributed by atoms with Gasteiger partial charge in [-0.05, 0) is 71.4 Å². The number of aromatic nitrogens is 3. The SMILES string of the molecule is Cc1nc(-c2cnn(C)c2COC(=O)N(C)C2CCOCC2)ccc1O[C@H]1CCC[C@H](C(=O)OC(C)C)C1. The maximum atomic E-state index is 12.7. The topological polar surface area (TPSA) is 105 Å². The quantitative estimate of drug-likeness (QED) is 0.464. The van der Waals surface area contributed by atoms with Gasteiger partial charge in [-0.3, -0.25) is 9.48 Å². The minimum absolute atomic E-state index is 0.0547. The average Bonchev–Trinajstić information content (AvgIpc) is 3.28. The third kappa shape index (κ3) is 6.83. The van der Waals surface area contributed by atoms with Crippen molar-refractivity contribution in [3.63, 3.8) is 0 Å². The monoisotopic (exact) mass is 528 g/mol. The van der Waals surface area contributed by atoms with Crippen molar-refractivity contribution in [1.29, 1.82) is 0 Å². The van der Waals surface area contributed by atoms with Crippen LogP contribution in [0.3, 0.4) is 0 Å². The standard InChI is InChI=1S/C28H40N4O6/c1-18(2)37-27(33)20-7-6-8-22(15-20)38-26-10-9-24(30-19(26)3)23-16-29-32(5)25(23)17-36-28(34)31(4)21-11-13-35-14-12-21/h9-10,16,18,20-22H,6-8,11-15,17H2,1-5H3/t20-,22-/m0/s1. The number of ether oxygens (including phenoxy) is 4. The van der Waals surface area contributed by atoms with Crippen LogP contribution in [-0.4, -0.2) is 70.2 Å². The van der Waals surface area contributed by atoms with Crippen LogP contribution in [0.25, 0.3) is 11.3 Å². The highest BCUT2D eigenvalue weighted by Crippen LogP contribution is 2.31. The van der Waals surface area contributed by atoms with Gasteiger partial charge in [-0.2, -0.15) is 5.10 Å². The van der Waals surface area contributed by atoms with Gasteiger partial charge in [0, 0.05) is 38.9 Å². The van der Waals surface area contributed by atoms with Gasteiger partial charge in [0.25, 0.3) is 0 Å². The molecule has 1 aliphatic heterocycles. The molecule has 0 radical (unpaired) electrons. The van der Waals surface area contributed by atoms with E-state index in [2.05, 4.69) is 5.10 Å². The molecule has 2 fully saturated rings. The predicted molar refractivity (Wildman–Crippen MR) is 141 cm³/mol. The number of rotatable bonds is 8. The summed E-state index contributed by atoms with van der Waals surface area (Å²) in [5.74, 6) is 0.434. The second-order valence-electron chi connectivity index (χ2n) is 10.5. The number of hydrogen-bond acceptors (Lipinski definition) is 8. The minimum atomic E-state index is -0.361. The highest BCUT2D eigenvalue weighted by atomic mass is 16.6. The molecule has 2 aromatic rings. The van der Waals surface area contributed by atoms with Gasteiger partial charge in [0.15, 0.2) is 0 Å². The van der Waals surface area contributed by atoms with Gasteiger partial charge in [-0.1, -0.05) is 0 Å². The molecule has 1 saturated carbocycles. The number of carbonyl (C=O) groups is 2. The van der Waals surface area contributed by atoms with Crippen molar-refractivity contribution in [2.75, 3.05) is 20.3 Å². The fourth-order valence-corrected chi connectivity index (χ4v) is 5.10. The number of hydrogen-bond donors (Lipinski definition) is 0. The molecule has 38 heavy (non-hydrogen) atoms. The molecule has 2 aliphatic rings. The van der Waals surface area contributed by atoms with Gasteiger partial charge >= 0.3 is 12.1 Å². The lowest BCUT2D eigenvalue weighted by Crippen LogP contribution is -2.40. The number of amides is 1. The number of carbonyl (C=O) groups excluding carboxylic acids is 2. The van der Waals surface area contributed by atoms with Crippen molar-refractivity contribution in [3.8, 4) is 17.0 Å². The predicted octanol–water partition coefficient (Wildman–Crippen LogP) is 4.43. The first kappa shape index (κ1) is 27.9. The van der Waals surface area contributed by atoms with Gasteiger partial charge in [0.1, 0.15) is 12.4 Å². The Kier molecular flexibility index (Phi) is 9.25. The zero-order chi connectivity index (χ0) is 27.2. The van der Waals surface area contributed by atoms with Gasteiger partial charge in [-0.25, -0.2) is 9.78 Å². The van der Waals surface area contributed by atoms with Crippen molar-refractivity contribution in [1.82, 2.24) is 19.7 Å². The van der Waals surface area contributed by atoms with Crippen LogP contribution >= 0.6 is 0 Å².